The third kappa shape index (κ3) is 6.81. The van der Waals surface area contributed by atoms with Gasteiger partial charge in [0.1, 0.15) is 0 Å². The number of guanidine groups is 1. The summed E-state index contributed by atoms with van der Waals surface area (Å²) < 4.78 is 5.58. The molecule has 0 atom stereocenters. The summed E-state index contributed by atoms with van der Waals surface area (Å²) in [5.74, 6) is 0.431. The molecule has 30 heavy (non-hydrogen) atoms. The van der Waals surface area contributed by atoms with E-state index in [-0.39, 0.29) is 29.5 Å². The highest BCUT2D eigenvalue weighted by Gasteiger charge is 2.38. The van der Waals surface area contributed by atoms with Gasteiger partial charge in [-0.05, 0) is 37.5 Å². The first-order chi connectivity index (χ1) is 14.1. The van der Waals surface area contributed by atoms with Crippen molar-refractivity contribution in [2.24, 2.45) is 10.7 Å². The number of carbonyl (C=O) groups is 1. The van der Waals surface area contributed by atoms with Crippen molar-refractivity contribution in [1.29, 1.82) is 0 Å². The van der Waals surface area contributed by atoms with Crippen molar-refractivity contribution < 1.29 is 9.53 Å². The Morgan fingerprint density at radius 3 is 2.40 bits per heavy atom. The molecule has 1 saturated carbocycles. The number of nitrogens with zero attached hydrogens (tertiary/aromatic N) is 2. The van der Waals surface area contributed by atoms with Gasteiger partial charge in [0.15, 0.2) is 5.96 Å². The molecule has 1 aromatic rings. The van der Waals surface area contributed by atoms with E-state index in [1.54, 1.807) is 12.1 Å². The highest BCUT2D eigenvalue weighted by Crippen LogP contribution is 2.33. The van der Waals surface area contributed by atoms with E-state index in [2.05, 4.69) is 22.5 Å². The average Bonchev–Trinajstić information content (AvgIpc) is 2.77. The molecule has 1 aromatic carbocycles. The second-order valence-electron chi connectivity index (χ2n) is 7.99. The third-order valence-electron chi connectivity index (χ3n) is 6.05. The zero-order chi connectivity index (χ0) is 20.5. The Labute approximate surface area is 197 Å². The number of halogens is 1. The van der Waals surface area contributed by atoms with E-state index in [1.165, 1.54) is 32.1 Å². The van der Waals surface area contributed by atoms with E-state index in [0.29, 0.717) is 12.1 Å². The molecule has 2 fully saturated rings. The SMILES string of the molecule is CCNC(=NCc1ccc(C(N)=O)cc1)NCC1(N2CCOCC2)CCCCC1.I. The summed E-state index contributed by atoms with van der Waals surface area (Å²) in [6, 6.07) is 7.32. The molecule has 0 aromatic heterocycles. The number of nitrogens with one attached hydrogen (secondary N) is 2. The first-order valence-electron chi connectivity index (χ1n) is 10.9. The summed E-state index contributed by atoms with van der Waals surface area (Å²) in [7, 11) is 0. The molecule has 7 nitrogen and oxygen atoms in total. The lowest BCUT2D eigenvalue weighted by Gasteiger charge is -2.48. The largest absolute Gasteiger partial charge is 0.379 e. The number of benzene rings is 1. The van der Waals surface area contributed by atoms with Crippen LogP contribution >= 0.6 is 24.0 Å². The summed E-state index contributed by atoms with van der Waals surface area (Å²) in [4.78, 5) is 18.6. The van der Waals surface area contributed by atoms with Crippen LogP contribution in [0.15, 0.2) is 29.3 Å². The van der Waals surface area contributed by atoms with Gasteiger partial charge in [-0.2, -0.15) is 0 Å². The Balaban J connectivity index is 0.00000320. The van der Waals surface area contributed by atoms with Crippen LogP contribution in [-0.4, -0.2) is 61.7 Å². The molecule has 0 bridgehead atoms. The lowest BCUT2D eigenvalue weighted by molar-refractivity contribution is -0.0352. The number of hydrogen-bond acceptors (Lipinski definition) is 4. The van der Waals surface area contributed by atoms with Crippen LogP contribution in [0.25, 0.3) is 0 Å². The van der Waals surface area contributed by atoms with Crippen molar-refractivity contribution in [3.05, 3.63) is 35.4 Å². The van der Waals surface area contributed by atoms with Gasteiger partial charge < -0.3 is 21.1 Å². The zero-order valence-electron chi connectivity index (χ0n) is 18.0. The number of carbonyl (C=O) groups excluding carboxylic acids is 1. The second-order valence-corrected chi connectivity index (χ2v) is 7.99. The van der Waals surface area contributed by atoms with Gasteiger partial charge in [0.05, 0.1) is 19.8 Å². The summed E-state index contributed by atoms with van der Waals surface area (Å²) in [5.41, 5.74) is 7.08. The number of primary amides is 1. The number of aliphatic imine (C=N–C) groups is 1. The molecule has 1 aliphatic carbocycles. The minimum absolute atomic E-state index is 0. The number of hydrogen-bond donors (Lipinski definition) is 3. The Morgan fingerprint density at radius 2 is 1.80 bits per heavy atom. The Morgan fingerprint density at radius 1 is 1.13 bits per heavy atom. The maximum atomic E-state index is 11.2. The van der Waals surface area contributed by atoms with E-state index < -0.39 is 5.91 Å². The van der Waals surface area contributed by atoms with Crippen molar-refractivity contribution in [2.45, 2.75) is 51.1 Å². The fourth-order valence-electron chi connectivity index (χ4n) is 4.39. The molecule has 1 aliphatic heterocycles. The lowest BCUT2D eigenvalue weighted by atomic mass is 9.80. The van der Waals surface area contributed by atoms with Crippen molar-refractivity contribution >= 4 is 35.8 Å². The maximum absolute atomic E-state index is 11.2. The molecule has 4 N–H and O–H groups in total. The summed E-state index contributed by atoms with van der Waals surface area (Å²) in [5, 5.41) is 6.97. The first kappa shape index (κ1) is 24.9. The zero-order valence-corrected chi connectivity index (χ0v) is 20.3. The van der Waals surface area contributed by atoms with E-state index in [1.807, 2.05) is 12.1 Å². The number of rotatable bonds is 7. The molecule has 3 rings (SSSR count). The van der Waals surface area contributed by atoms with Gasteiger partial charge in [-0.1, -0.05) is 31.4 Å². The van der Waals surface area contributed by atoms with Crippen LogP contribution in [0.4, 0.5) is 0 Å². The molecule has 1 amide bonds. The van der Waals surface area contributed by atoms with E-state index >= 15 is 0 Å². The second kappa shape index (κ2) is 12.5. The van der Waals surface area contributed by atoms with E-state index in [4.69, 9.17) is 15.5 Å². The highest BCUT2D eigenvalue weighted by molar-refractivity contribution is 14.0. The topological polar surface area (TPSA) is 92.0 Å². The molecule has 168 valence electrons. The molecule has 8 heteroatoms. The van der Waals surface area contributed by atoms with Crippen molar-refractivity contribution in [3.8, 4) is 0 Å². The van der Waals surface area contributed by atoms with Crippen LogP contribution in [0, 0.1) is 0 Å². The number of morpholine rings is 1. The van der Waals surface area contributed by atoms with Gasteiger partial charge in [0.2, 0.25) is 5.91 Å². The number of ether oxygens (including phenoxy) is 1. The van der Waals surface area contributed by atoms with Gasteiger partial charge in [0, 0.05) is 37.3 Å². The van der Waals surface area contributed by atoms with Crippen LogP contribution in [0.1, 0.15) is 54.9 Å². The third-order valence-corrected chi connectivity index (χ3v) is 6.05. The molecule has 1 saturated heterocycles. The predicted molar refractivity (Wildman–Crippen MR) is 131 cm³/mol. The van der Waals surface area contributed by atoms with Crippen LogP contribution in [0.3, 0.4) is 0 Å². The fourth-order valence-corrected chi connectivity index (χ4v) is 4.39. The molecule has 0 radical (unpaired) electrons. The van der Waals surface area contributed by atoms with Crippen LogP contribution < -0.4 is 16.4 Å². The van der Waals surface area contributed by atoms with Crippen molar-refractivity contribution in [2.75, 3.05) is 39.4 Å². The van der Waals surface area contributed by atoms with Gasteiger partial charge >= 0.3 is 0 Å². The van der Waals surface area contributed by atoms with E-state index in [9.17, 15) is 4.79 Å². The average molecular weight is 529 g/mol. The molecule has 1 heterocycles. The predicted octanol–water partition coefficient (Wildman–Crippen LogP) is 2.49. The Kier molecular flexibility index (Phi) is 10.3. The smallest absolute Gasteiger partial charge is 0.248 e. The summed E-state index contributed by atoms with van der Waals surface area (Å²) in [6.45, 7) is 8.05. The first-order valence-corrected chi connectivity index (χ1v) is 10.9. The number of amides is 1. The lowest BCUT2D eigenvalue weighted by Crippen LogP contribution is -2.60. The van der Waals surface area contributed by atoms with Gasteiger partial charge in [-0.15, -0.1) is 24.0 Å². The molecule has 0 spiro atoms. The Bertz CT molecular complexity index is 683. The number of nitrogens with two attached hydrogens (primary N) is 1. The van der Waals surface area contributed by atoms with Gasteiger partial charge in [0.25, 0.3) is 0 Å². The van der Waals surface area contributed by atoms with Crippen LogP contribution in [0.5, 0.6) is 0 Å². The quantitative estimate of drug-likeness (QED) is 0.287. The summed E-state index contributed by atoms with van der Waals surface area (Å²) >= 11 is 0. The molecule has 0 unspecified atom stereocenters. The molecular formula is C22H36IN5O2. The van der Waals surface area contributed by atoms with E-state index in [0.717, 1.165) is 50.9 Å². The monoisotopic (exact) mass is 529 g/mol. The minimum Gasteiger partial charge on any atom is -0.379 e. The van der Waals surface area contributed by atoms with Crippen LogP contribution in [-0.2, 0) is 11.3 Å². The normalized spacial score (nSPS) is 19.6. The van der Waals surface area contributed by atoms with Gasteiger partial charge in [-0.25, -0.2) is 4.99 Å². The minimum atomic E-state index is -0.407. The Hall–Kier alpha value is -1.39. The fraction of sp³-hybridized carbons (Fsp3) is 0.636. The molecule has 2 aliphatic rings. The van der Waals surface area contributed by atoms with Crippen molar-refractivity contribution in [3.63, 3.8) is 0 Å². The highest BCUT2D eigenvalue weighted by atomic mass is 127. The standard InChI is InChI=1S/C22H35N5O2.HI/c1-2-24-21(25-16-18-6-8-19(9-7-18)20(23)28)26-17-22(10-4-3-5-11-22)27-12-14-29-15-13-27;/h6-9H,2-5,10-17H2,1H3,(H2,23,28)(H2,24,25,26);1H. The van der Waals surface area contributed by atoms with Crippen LogP contribution in [0.2, 0.25) is 0 Å². The maximum Gasteiger partial charge on any atom is 0.248 e. The molecular weight excluding hydrogens is 493 g/mol. The van der Waals surface area contributed by atoms with Crippen molar-refractivity contribution in [1.82, 2.24) is 15.5 Å². The van der Waals surface area contributed by atoms with Gasteiger partial charge in [-0.3, -0.25) is 9.69 Å². The summed E-state index contributed by atoms with van der Waals surface area (Å²) in [6.07, 6.45) is 6.38.